The summed E-state index contributed by atoms with van der Waals surface area (Å²) in [5.41, 5.74) is 2.25. The Morgan fingerprint density at radius 1 is 1.10 bits per heavy atom. The molecule has 4 rings (SSSR count). The number of hydrogen-bond donors (Lipinski definition) is 0. The highest BCUT2D eigenvalue weighted by Crippen LogP contribution is 2.23. The van der Waals surface area contributed by atoms with E-state index < -0.39 is 6.04 Å². The number of ether oxygens (including phenoxy) is 1. The van der Waals surface area contributed by atoms with Crippen LogP contribution >= 0.6 is 0 Å². The number of amides is 2. The number of likely N-dealkylation sites (N-methyl/N-ethyl adjacent to an activating group) is 1. The molecule has 2 fully saturated rings. The molecule has 2 amide bonds. The minimum atomic E-state index is -0.426. The summed E-state index contributed by atoms with van der Waals surface area (Å²) in [6, 6.07) is 11.2. The van der Waals surface area contributed by atoms with Gasteiger partial charge in [0.1, 0.15) is 6.04 Å². The maximum atomic E-state index is 13.0. The Bertz CT molecular complexity index is 828. The Morgan fingerprint density at radius 2 is 1.86 bits per heavy atom. The van der Waals surface area contributed by atoms with Gasteiger partial charge in [0.15, 0.2) is 5.76 Å². The first-order chi connectivity index (χ1) is 14.1. The van der Waals surface area contributed by atoms with Crippen LogP contribution in [0.2, 0.25) is 0 Å². The zero-order valence-corrected chi connectivity index (χ0v) is 16.8. The van der Waals surface area contributed by atoms with Crippen molar-refractivity contribution in [1.82, 2.24) is 9.80 Å². The van der Waals surface area contributed by atoms with E-state index in [0.29, 0.717) is 19.5 Å². The van der Waals surface area contributed by atoms with Crippen LogP contribution in [0.4, 0.5) is 5.69 Å². The quantitative estimate of drug-likeness (QED) is 0.775. The molecule has 7 heteroatoms. The fourth-order valence-corrected chi connectivity index (χ4v) is 4.05. The second-order valence-electron chi connectivity index (χ2n) is 7.59. The number of carbonyl (C=O) groups is 2. The zero-order valence-electron chi connectivity index (χ0n) is 16.8. The van der Waals surface area contributed by atoms with E-state index in [1.54, 1.807) is 29.0 Å². The number of morpholine rings is 1. The molecule has 0 radical (unpaired) electrons. The van der Waals surface area contributed by atoms with E-state index in [9.17, 15) is 9.59 Å². The molecule has 3 heterocycles. The molecule has 2 saturated heterocycles. The molecule has 154 valence electrons. The van der Waals surface area contributed by atoms with Gasteiger partial charge in [-0.15, -0.1) is 0 Å². The summed E-state index contributed by atoms with van der Waals surface area (Å²) in [6.07, 6.45) is 2.99. The fraction of sp³-hybridized carbons (Fsp3) is 0.455. The summed E-state index contributed by atoms with van der Waals surface area (Å²) in [7, 11) is 1.80. The van der Waals surface area contributed by atoms with E-state index in [0.717, 1.165) is 38.3 Å². The maximum absolute atomic E-state index is 13.0. The number of likely N-dealkylation sites (tertiary alicyclic amines) is 1. The van der Waals surface area contributed by atoms with Gasteiger partial charge < -0.3 is 23.9 Å². The molecular weight excluding hydrogens is 370 g/mol. The lowest BCUT2D eigenvalue weighted by molar-refractivity contribution is -0.134. The highest BCUT2D eigenvalue weighted by Gasteiger charge is 2.36. The topological polar surface area (TPSA) is 66.2 Å². The monoisotopic (exact) mass is 397 g/mol. The third kappa shape index (κ3) is 4.29. The number of benzene rings is 1. The number of hydrogen-bond acceptors (Lipinski definition) is 5. The normalized spacial score (nSPS) is 19.4. The summed E-state index contributed by atoms with van der Waals surface area (Å²) >= 11 is 0. The van der Waals surface area contributed by atoms with Crippen LogP contribution in [0.1, 0.15) is 29.0 Å². The fourth-order valence-electron chi connectivity index (χ4n) is 4.05. The molecule has 0 bridgehead atoms. The minimum Gasteiger partial charge on any atom is -0.459 e. The summed E-state index contributed by atoms with van der Waals surface area (Å²) < 4.78 is 10.6. The Labute approximate surface area is 170 Å². The van der Waals surface area contributed by atoms with Crippen molar-refractivity contribution in [3.8, 4) is 0 Å². The maximum Gasteiger partial charge on any atom is 0.290 e. The van der Waals surface area contributed by atoms with Crippen molar-refractivity contribution in [3.63, 3.8) is 0 Å². The van der Waals surface area contributed by atoms with Gasteiger partial charge in [-0.1, -0.05) is 12.1 Å². The van der Waals surface area contributed by atoms with E-state index >= 15 is 0 Å². The van der Waals surface area contributed by atoms with Crippen LogP contribution < -0.4 is 4.90 Å². The SMILES string of the molecule is CN(Cc1ccc(N2CCOCC2)cc1)C(=O)C1CCCN1C(=O)c1ccco1. The smallest absolute Gasteiger partial charge is 0.290 e. The van der Waals surface area contributed by atoms with E-state index in [2.05, 4.69) is 29.2 Å². The Hall–Kier alpha value is -2.80. The standard InChI is InChI=1S/C22H27N3O4/c1-23(16-17-6-8-18(9-7-17)24-11-14-28-15-12-24)21(26)19-4-2-10-25(19)22(27)20-5-3-13-29-20/h3,5-9,13,19H,2,4,10-12,14-16H2,1H3. The second-order valence-corrected chi connectivity index (χ2v) is 7.59. The van der Waals surface area contributed by atoms with Crippen LogP contribution in [0.3, 0.4) is 0 Å². The zero-order chi connectivity index (χ0) is 20.2. The van der Waals surface area contributed by atoms with Crippen LogP contribution in [-0.4, -0.2) is 67.6 Å². The van der Waals surface area contributed by atoms with Crippen molar-refractivity contribution in [1.29, 1.82) is 0 Å². The Morgan fingerprint density at radius 3 is 2.55 bits per heavy atom. The highest BCUT2D eigenvalue weighted by molar-refractivity contribution is 5.95. The molecule has 1 unspecified atom stereocenters. The molecule has 0 N–H and O–H groups in total. The molecule has 2 aliphatic rings. The van der Waals surface area contributed by atoms with E-state index in [1.807, 2.05) is 0 Å². The van der Waals surface area contributed by atoms with Crippen molar-refractivity contribution in [2.24, 2.45) is 0 Å². The van der Waals surface area contributed by atoms with Crippen LogP contribution in [0.5, 0.6) is 0 Å². The van der Waals surface area contributed by atoms with Crippen LogP contribution in [0, 0.1) is 0 Å². The molecule has 1 aromatic heterocycles. The van der Waals surface area contributed by atoms with E-state index in [-0.39, 0.29) is 17.6 Å². The van der Waals surface area contributed by atoms with Gasteiger partial charge in [0.25, 0.3) is 5.91 Å². The molecule has 0 aliphatic carbocycles. The summed E-state index contributed by atoms with van der Waals surface area (Å²) in [6.45, 7) is 4.42. The minimum absolute atomic E-state index is 0.0281. The first-order valence-corrected chi connectivity index (χ1v) is 10.1. The van der Waals surface area contributed by atoms with Crippen molar-refractivity contribution in [2.75, 3.05) is 44.8 Å². The second kappa shape index (κ2) is 8.69. The van der Waals surface area contributed by atoms with Crippen molar-refractivity contribution in [3.05, 3.63) is 54.0 Å². The third-order valence-electron chi connectivity index (χ3n) is 5.64. The Kier molecular flexibility index (Phi) is 5.85. The Balaban J connectivity index is 1.38. The number of rotatable bonds is 5. The lowest BCUT2D eigenvalue weighted by Crippen LogP contribution is -2.46. The lowest BCUT2D eigenvalue weighted by Gasteiger charge is -2.29. The molecule has 2 aliphatic heterocycles. The first-order valence-electron chi connectivity index (χ1n) is 10.1. The van der Waals surface area contributed by atoms with Gasteiger partial charge in [0.2, 0.25) is 5.91 Å². The van der Waals surface area contributed by atoms with Gasteiger partial charge in [-0.2, -0.15) is 0 Å². The van der Waals surface area contributed by atoms with Gasteiger partial charge in [0, 0.05) is 38.9 Å². The molecular formula is C22H27N3O4. The van der Waals surface area contributed by atoms with Crippen molar-refractivity contribution in [2.45, 2.75) is 25.4 Å². The van der Waals surface area contributed by atoms with Gasteiger partial charge in [-0.05, 0) is 42.7 Å². The molecule has 7 nitrogen and oxygen atoms in total. The third-order valence-corrected chi connectivity index (χ3v) is 5.64. The van der Waals surface area contributed by atoms with Gasteiger partial charge >= 0.3 is 0 Å². The van der Waals surface area contributed by atoms with Gasteiger partial charge in [0.05, 0.1) is 19.5 Å². The number of carbonyl (C=O) groups excluding carboxylic acids is 2. The lowest BCUT2D eigenvalue weighted by atomic mass is 10.1. The molecule has 0 saturated carbocycles. The molecule has 1 atom stereocenters. The summed E-state index contributed by atoms with van der Waals surface area (Å²) in [5.74, 6) is 0.0415. The predicted octanol–water partition coefficient (Wildman–Crippen LogP) is 2.38. The summed E-state index contributed by atoms with van der Waals surface area (Å²) in [5, 5.41) is 0. The number of furan rings is 1. The predicted molar refractivity (Wildman–Crippen MR) is 109 cm³/mol. The average molecular weight is 397 g/mol. The molecule has 1 aromatic carbocycles. The largest absolute Gasteiger partial charge is 0.459 e. The molecule has 29 heavy (non-hydrogen) atoms. The van der Waals surface area contributed by atoms with Crippen molar-refractivity contribution < 1.29 is 18.7 Å². The van der Waals surface area contributed by atoms with Gasteiger partial charge in [-0.25, -0.2) is 0 Å². The highest BCUT2D eigenvalue weighted by atomic mass is 16.5. The molecule has 2 aromatic rings. The number of anilines is 1. The summed E-state index contributed by atoms with van der Waals surface area (Å²) in [4.78, 5) is 31.3. The average Bonchev–Trinajstić information content (AvgIpc) is 3.46. The van der Waals surface area contributed by atoms with Crippen LogP contribution in [0.15, 0.2) is 47.1 Å². The van der Waals surface area contributed by atoms with Gasteiger partial charge in [-0.3, -0.25) is 9.59 Å². The van der Waals surface area contributed by atoms with Crippen molar-refractivity contribution >= 4 is 17.5 Å². The number of nitrogens with zero attached hydrogens (tertiary/aromatic N) is 3. The molecule has 0 spiro atoms. The van der Waals surface area contributed by atoms with Crippen LogP contribution in [0.25, 0.3) is 0 Å². The first kappa shape index (κ1) is 19.5. The van der Waals surface area contributed by atoms with E-state index in [4.69, 9.17) is 9.15 Å². The van der Waals surface area contributed by atoms with E-state index in [1.165, 1.54) is 12.0 Å². The van der Waals surface area contributed by atoms with Crippen LogP contribution in [-0.2, 0) is 16.1 Å².